The summed E-state index contributed by atoms with van der Waals surface area (Å²) in [6.45, 7) is 2.92. The van der Waals surface area contributed by atoms with Crippen LogP contribution in [0.5, 0.6) is 0 Å². The lowest BCUT2D eigenvalue weighted by molar-refractivity contribution is 0.126. The molecule has 0 aliphatic carbocycles. The zero-order valence-corrected chi connectivity index (χ0v) is 11.3. The standard InChI is InChI=1S/C13H20N4O2/c1-17(2)6-8-18-7-5-15-13-16-11-4-3-10(14)9-12(11)19-13/h3-4,9H,5-8,14H2,1-2H3,(H,15,16). The Kier molecular flexibility index (Phi) is 4.59. The molecule has 0 bridgehead atoms. The van der Waals surface area contributed by atoms with Crippen LogP contribution in [0.3, 0.4) is 0 Å². The first-order valence-corrected chi connectivity index (χ1v) is 6.27. The van der Waals surface area contributed by atoms with Gasteiger partial charge in [-0.25, -0.2) is 0 Å². The molecule has 0 amide bonds. The van der Waals surface area contributed by atoms with Gasteiger partial charge in [-0.2, -0.15) is 4.98 Å². The number of anilines is 2. The van der Waals surface area contributed by atoms with Crippen LogP contribution in [0.2, 0.25) is 0 Å². The maximum absolute atomic E-state index is 5.68. The predicted octanol–water partition coefficient (Wildman–Crippen LogP) is 1.40. The van der Waals surface area contributed by atoms with Crippen LogP contribution in [0, 0.1) is 0 Å². The van der Waals surface area contributed by atoms with Crippen molar-refractivity contribution in [3.05, 3.63) is 18.2 Å². The number of nitrogens with two attached hydrogens (primary N) is 1. The Hall–Kier alpha value is -1.79. The summed E-state index contributed by atoms with van der Waals surface area (Å²) in [5.74, 6) is 0. The van der Waals surface area contributed by atoms with E-state index < -0.39 is 0 Å². The van der Waals surface area contributed by atoms with E-state index in [2.05, 4.69) is 15.2 Å². The summed E-state index contributed by atoms with van der Waals surface area (Å²) in [5.41, 5.74) is 7.84. The number of nitrogens with one attached hydrogen (secondary N) is 1. The fourth-order valence-corrected chi connectivity index (χ4v) is 1.60. The molecule has 2 rings (SSSR count). The van der Waals surface area contributed by atoms with Gasteiger partial charge in [-0.15, -0.1) is 0 Å². The van der Waals surface area contributed by atoms with Gasteiger partial charge in [0.25, 0.3) is 6.01 Å². The number of rotatable bonds is 7. The van der Waals surface area contributed by atoms with Crippen molar-refractivity contribution < 1.29 is 9.15 Å². The van der Waals surface area contributed by atoms with E-state index >= 15 is 0 Å². The second kappa shape index (κ2) is 6.40. The molecule has 1 heterocycles. The Morgan fingerprint density at radius 3 is 3.00 bits per heavy atom. The van der Waals surface area contributed by atoms with Gasteiger partial charge < -0.3 is 25.1 Å². The third-order valence-corrected chi connectivity index (χ3v) is 2.62. The molecule has 104 valence electrons. The third kappa shape index (κ3) is 4.11. The Morgan fingerprint density at radius 1 is 1.37 bits per heavy atom. The molecule has 1 aromatic heterocycles. The average molecular weight is 264 g/mol. The molecule has 0 atom stereocenters. The summed E-state index contributed by atoms with van der Waals surface area (Å²) >= 11 is 0. The van der Waals surface area contributed by atoms with Gasteiger partial charge in [0, 0.05) is 24.8 Å². The number of oxazole rings is 1. The molecular formula is C13H20N4O2. The van der Waals surface area contributed by atoms with E-state index in [4.69, 9.17) is 14.9 Å². The molecule has 0 spiro atoms. The van der Waals surface area contributed by atoms with Crippen LogP contribution in [0.15, 0.2) is 22.6 Å². The largest absolute Gasteiger partial charge is 0.423 e. The summed E-state index contributed by atoms with van der Waals surface area (Å²) in [4.78, 5) is 6.38. The van der Waals surface area contributed by atoms with Crippen molar-refractivity contribution in [3.8, 4) is 0 Å². The summed E-state index contributed by atoms with van der Waals surface area (Å²) in [6.07, 6.45) is 0. The molecular weight excluding hydrogens is 244 g/mol. The van der Waals surface area contributed by atoms with E-state index in [0.717, 1.165) is 18.7 Å². The van der Waals surface area contributed by atoms with Crippen molar-refractivity contribution in [2.45, 2.75) is 0 Å². The number of likely N-dealkylation sites (N-methyl/N-ethyl adjacent to an activating group) is 1. The van der Waals surface area contributed by atoms with Crippen LogP contribution in [0.25, 0.3) is 11.1 Å². The highest BCUT2D eigenvalue weighted by atomic mass is 16.5. The topological polar surface area (TPSA) is 76.5 Å². The molecule has 6 nitrogen and oxygen atoms in total. The minimum Gasteiger partial charge on any atom is -0.423 e. The highest BCUT2D eigenvalue weighted by Gasteiger charge is 2.04. The maximum Gasteiger partial charge on any atom is 0.295 e. The number of aromatic nitrogens is 1. The minimum atomic E-state index is 0.497. The average Bonchev–Trinajstić information content (AvgIpc) is 2.75. The number of nitrogens with zero attached hydrogens (tertiary/aromatic N) is 2. The highest BCUT2D eigenvalue weighted by molar-refractivity contribution is 5.77. The number of ether oxygens (including phenoxy) is 1. The monoisotopic (exact) mass is 264 g/mol. The first-order chi connectivity index (χ1) is 9.15. The molecule has 0 aliphatic rings. The highest BCUT2D eigenvalue weighted by Crippen LogP contribution is 2.20. The van der Waals surface area contributed by atoms with Crippen molar-refractivity contribution in [3.63, 3.8) is 0 Å². The van der Waals surface area contributed by atoms with Crippen molar-refractivity contribution in [2.24, 2.45) is 0 Å². The SMILES string of the molecule is CN(C)CCOCCNc1nc2ccc(N)cc2o1. The van der Waals surface area contributed by atoms with E-state index in [9.17, 15) is 0 Å². The zero-order chi connectivity index (χ0) is 13.7. The first-order valence-electron chi connectivity index (χ1n) is 6.27. The van der Waals surface area contributed by atoms with Gasteiger partial charge in [0.05, 0.1) is 13.2 Å². The second-order valence-electron chi connectivity index (χ2n) is 4.59. The van der Waals surface area contributed by atoms with Crippen molar-refractivity contribution in [2.75, 3.05) is 51.4 Å². The van der Waals surface area contributed by atoms with Crippen molar-refractivity contribution in [1.82, 2.24) is 9.88 Å². The van der Waals surface area contributed by atoms with E-state index in [1.165, 1.54) is 0 Å². The third-order valence-electron chi connectivity index (χ3n) is 2.62. The van der Waals surface area contributed by atoms with Crippen LogP contribution in [0.1, 0.15) is 0 Å². The molecule has 0 radical (unpaired) electrons. The quantitative estimate of drug-likeness (QED) is 0.581. The van der Waals surface area contributed by atoms with Gasteiger partial charge in [-0.3, -0.25) is 0 Å². The van der Waals surface area contributed by atoms with Gasteiger partial charge in [-0.05, 0) is 26.2 Å². The van der Waals surface area contributed by atoms with Gasteiger partial charge in [0.2, 0.25) is 0 Å². The molecule has 1 aromatic carbocycles. The summed E-state index contributed by atoms with van der Waals surface area (Å²) in [7, 11) is 4.04. The van der Waals surface area contributed by atoms with Gasteiger partial charge in [0.1, 0.15) is 5.52 Å². The van der Waals surface area contributed by atoms with Crippen molar-refractivity contribution >= 4 is 22.8 Å². The molecule has 6 heteroatoms. The summed E-state index contributed by atoms with van der Waals surface area (Å²) < 4.78 is 11.0. The van der Waals surface area contributed by atoms with Crippen LogP contribution < -0.4 is 11.1 Å². The van der Waals surface area contributed by atoms with Crippen molar-refractivity contribution in [1.29, 1.82) is 0 Å². The van der Waals surface area contributed by atoms with Gasteiger partial charge >= 0.3 is 0 Å². The Bertz CT molecular complexity index is 524. The lowest BCUT2D eigenvalue weighted by Gasteiger charge is -2.09. The number of nitrogen functional groups attached to an aromatic ring is 1. The lowest BCUT2D eigenvalue weighted by atomic mass is 10.3. The minimum absolute atomic E-state index is 0.497. The number of fused-ring (bicyclic) bond motifs is 1. The Labute approximate surface area is 112 Å². The molecule has 19 heavy (non-hydrogen) atoms. The van der Waals surface area contributed by atoms with Crippen LogP contribution in [0.4, 0.5) is 11.7 Å². The maximum atomic E-state index is 5.68. The lowest BCUT2D eigenvalue weighted by Crippen LogP contribution is -2.20. The number of hydrogen-bond acceptors (Lipinski definition) is 6. The fourth-order valence-electron chi connectivity index (χ4n) is 1.60. The van der Waals surface area contributed by atoms with E-state index in [-0.39, 0.29) is 0 Å². The molecule has 0 unspecified atom stereocenters. The first kappa shape index (κ1) is 13.6. The Balaban J connectivity index is 1.75. The molecule has 3 N–H and O–H groups in total. The van der Waals surface area contributed by atoms with Crippen LogP contribution in [-0.4, -0.2) is 50.3 Å². The Morgan fingerprint density at radius 2 is 2.21 bits per heavy atom. The zero-order valence-electron chi connectivity index (χ0n) is 11.3. The molecule has 0 saturated heterocycles. The number of hydrogen-bond donors (Lipinski definition) is 2. The van der Waals surface area contributed by atoms with Gasteiger partial charge in [-0.1, -0.05) is 0 Å². The number of benzene rings is 1. The molecule has 0 saturated carbocycles. The molecule has 0 fully saturated rings. The van der Waals surface area contributed by atoms with Crippen LogP contribution >= 0.6 is 0 Å². The van der Waals surface area contributed by atoms with E-state index in [1.54, 1.807) is 12.1 Å². The van der Waals surface area contributed by atoms with E-state index in [0.29, 0.717) is 30.4 Å². The smallest absolute Gasteiger partial charge is 0.295 e. The van der Waals surface area contributed by atoms with E-state index in [1.807, 2.05) is 20.2 Å². The summed E-state index contributed by atoms with van der Waals surface area (Å²) in [5, 5.41) is 3.08. The van der Waals surface area contributed by atoms with Gasteiger partial charge in [0.15, 0.2) is 5.58 Å². The fraction of sp³-hybridized carbons (Fsp3) is 0.462. The second-order valence-corrected chi connectivity index (χ2v) is 4.59. The molecule has 0 aliphatic heterocycles. The predicted molar refractivity (Wildman–Crippen MR) is 76.3 cm³/mol. The summed E-state index contributed by atoms with van der Waals surface area (Å²) in [6, 6.07) is 5.91. The van der Waals surface area contributed by atoms with Crippen LogP contribution in [-0.2, 0) is 4.74 Å². The normalized spacial score (nSPS) is 11.3. The molecule has 2 aromatic rings.